The number of nitrogens with one attached hydrogen (secondary N) is 4. The van der Waals surface area contributed by atoms with Crippen LogP contribution in [-0.2, 0) is 4.79 Å². The average molecular weight is 396 g/mol. The summed E-state index contributed by atoms with van der Waals surface area (Å²) in [5.41, 5.74) is 2.26. The number of hydrogen-bond donors (Lipinski definition) is 4. The van der Waals surface area contributed by atoms with Crippen molar-refractivity contribution in [3.8, 4) is 0 Å². The zero-order valence-electron chi connectivity index (χ0n) is 16.9. The standard InChI is InChI=1S/C22H28N4O3/c1-3-11-23-21(28)16-7-5-9-18(13-16)25-15-20(27)26-19-10-6-8-17(14-19)22(29)24-12-4-2/h5-10,13-14,25H,3-4,11-12,15H2,1-2H3,(H,23,28)(H,24,29)(H,26,27). The third-order valence-corrected chi connectivity index (χ3v) is 4.06. The first-order chi connectivity index (χ1) is 14.0. The van der Waals surface area contributed by atoms with E-state index in [1.807, 2.05) is 13.8 Å². The molecule has 0 spiro atoms. The van der Waals surface area contributed by atoms with Crippen LogP contribution in [0.25, 0.3) is 0 Å². The van der Waals surface area contributed by atoms with Gasteiger partial charge in [-0.1, -0.05) is 26.0 Å². The molecule has 4 N–H and O–H groups in total. The van der Waals surface area contributed by atoms with Crippen molar-refractivity contribution in [3.63, 3.8) is 0 Å². The highest BCUT2D eigenvalue weighted by Gasteiger charge is 2.09. The zero-order chi connectivity index (χ0) is 21.1. The molecule has 2 rings (SSSR count). The summed E-state index contributed by atoms with van der Waals surface area (Å²) in [5.74, 6) is -0.561. The van der Waals surface area contributed by atoms with Gasteiger partial charge in [0.2, 0.25) is 5.91 Å². The lowest BCUT2D eigenvalue weighted by Crippen LogP contribution is -2.25. The predicted molar refractivity (Wildman–Crippen MR) is 115 cm³/mol. The lowest BCUT2D eigenvalue weighted by Gasteiger charge is -2.10. The van der Waals surface area contributed by atoms with E-state index in [9.17, 15) is 14.4 Å². The normalized spacial score (nSPS) is 10.1. The Kier molecular flexibility index (Phi) is 8.69. The Morgan fingerprint density at radius 3 is 1.83 bits per heavy atom. The molecule has 0 heterocycles. The number of anilines is 2. The van der Waals surface area contributed by atoms with E-state index >= 15 is 0 Å². The van der Waals surface area contributed by atoms with E-state index in [0.717, 1.165) is 12.8 Å². The van der Waals surface area contributed by atoms with Crippen molar-refractivity contribution in [1.82, 2.24) is 10.6 Å². The van der Waals surface area contributed by atoms with E-state index in [1.54, 1.807) is 48.5 Å². The van der Waals surface area contributed by atoms with Gasteiger partial charge in [0.15, 0.2) is 0 Å². The van der Waals surface area contributed by atoms with Crippen LogP contribution in [0.3, 0.4) is 0 Å². The van der Waals surface area contributed by atoms with Crippen LogP contribution in [0, 0.1) is 0 Å². The van der Waals surface area contributed by atoms with E-state index < -0.39 is 0 Å². The number of carbonyl (C=O) groups is 3. The lowest BCUT2D eigenvalue weighted by molar-refractivity contribution is -0.114. The summed E-state index contributed by atoms with van der Waals surface area (Å²) in [5, 5.41) is 11.4. The van der Waals surface area contributed by atoms with Gasteiger partial charge in [0.1, 0.15) is 0 Å². The van der Waals surface area contributed by atoms with Crippen LogP contribution >= 0.6 is 0 Å². The van der Waals surface area contributed by atoms with Crippen LogP contribution in [0.4, 0.5) is 11.4 Å². The number of hydrogen-bond acceptors (Lipinski definition) is 4. The minimum absolute atomic E-state index is 0.0340. The van der Waals surface area contributed by atoms with Crippen molar-refractivity contribution in [2.24, 2.45) is 0 Å². The second-order valence-corrected chi connectivity index (χ2v) is 6.58. The van der Waals surface area contributed by atoms with E-state index in [0.29, 0.717) is 35.6 Å². The molecule has 0 atom stereocenters. The third kappa shape index (κ3) is 7.29. The summed E-state index contributed by atoms with van der Waals surface area (Å²) in [7, 11) is 0. The SMILES string of the molecule is CCCNC(=O)c1cccc(NCC(=O)Nc2cccc(C(=O)NCCC)c2)c1. The van der Waals surface area contributed by atoms with Gasteiger partial charge in [-0.25, -0.2) is 0 Å². The van der Waals surface area contributed by atoms with Crippen LogP contribution < -0.4 is 21.3 Å². The van der Waals surface area contributed by atoms with Gasteiger partial charge in [-0.2, -0.15) is 0 Å². The summed E-state index contributed by atoms with van der Waals surface area (Å²) in [6, 6.07) is 13.8. The summed E-state index contributed by atoms with van der Waals surface area (Å²) in [6.45, 7) is 5.23. The van der Waals surface area contributed by atoms with E-state index in [-0.39, 0.29) is 24.3 Å². The van der Waals surface area contributed by atoms with Crippen LogP contribution in [0.1, 0.15) is 47.4 Å². The second-order valence-electron chi connectivity index (χ2n) is 6.58. The molecule has 154 valence electrons. The molecule has 0 aliphatic carbocycles. The molecule has 0 bridgehead atoms. The molecule has 2 aromatic carbocycles. The largest absolute Gasteiger partial charge is 0.376 e. The smallest absolute Gasteiger partial charge is 0.251 e. The molecule has 0 aliphatic heterocycles. The highest BCUT2D eigenvalue weighted by Crippen LogP contribution is 2.12. The molecule has 3 amide bonds. The zero-order valence-corrected chi connectivity index (χ0v) is 16.9. The molecule has 0 saturated carbocycles. The summed E-state index contributed by atoms with van der Waals surface area (Å²) >= 11 is 0. The van der Waals surface area contributed by atoms with Crippen LogP contribution in [0.5, 0.6) is 0 Å². The number of amides is 3. The van der Waals surface area contributed by atoms with Crippen LogP contribution in [-0.4, -0.2) is 37.4 Å². The van der Waals surface area contributed by atoms with E-state index in [4.69, 9.17) is 0 Å². The second kappa shape index (κ2) is 11.5. The Balaban J connectivity index is 1.90. The van der Waals surface area contributed by atoms with Gasteiger partial charge in [-0.3, -0.25) is 14.4 Å². The predicted octanol–water partition coefficient (Wildman–Crippen LogP) is 3.02. The maximum Gasteiger partial charge on any atom is 0.251 e. The van der Waals surface area contributed by atoms with Crippen molar-refractivity contribution in [3.05, 3.63) is 59.7 Å². The lowest BCUT2D eigenvalue weighted by atomic mass is 10.2. The van der Waals surface area contributed by atoms with Crippen molar-refractivity contribution in [2.45, 2.75) is 26.7 Å². The first-order valence-corrected chi connectivity index (χ1v) is 9.83. The quantitative estimate of drug-likeness (QED) is 0.496. The van der Waals surface area contributed by atoms with Gasteiger partial charge >= 0.3 is 0 Å². The Bertz CT molecular complexity index is 851. The summed E-state index contributed by atoms with van der Waals surface area (Å²) < 4.78 is 0. The molecule has 2 aromatic rings. The molecular weight excluding hydrogens is 368 g/mol. The molecule has 7 heteroatoms. The molecule has 29 heavy (non-hydrogen) atoms. The molecule has 0 saturated heterocycles. The number of benzene rings is 2. The molecule has 0 aromatic heterocycles. The van der Waals surface area contributed by atoms with Crippen LogP contribution in [0.15, 0.2) is 48.5 Å². The third-order valence-electron chi connectivity index (χ3n) is 4.06. The van der Waals surface area contributed by atoms with Gasteiger partial charge in [-0.05, 0) is 49.2 Å². The van der Waals surface area contributed by atoms with Gasteiger partial charge in [0.05, 0.1) is 6.54 Å². The van der Waals surface area contributed by atoms with Gasteiger partial charge < -0.3 is 21.3 Å². The fourth-order valence-corrected chi connectivity index (χ4v) is 2.58. The molecule has 0 fully saturated rings. The maximum atomic E-state index is 12.2. The van der Waals surface area contributed by atoms with Crippen LogP contribution in [0.2, 0.25) is 0 Å². The van der Waals surface area contributed by atoms with Crippen molar-refractivity contribution in [2.75, 3.05) is 30.3 Å². The highest BCUT2D eigenvalue weighted by molar-refractivity contribution is 5.98. The van der Waals surface area contributed by atoms with Gasteiger partial charge in [0.25, 0.3) is 11.8 Å². The molecular formula is C22H28N4O3. The Morgan fingerprint density at radius 2 is 1.28 bits per heavy atom. The summed E-state index contributed by atoms with van der Waals surface area (Å²) in [6.07, 6.45) is 1.72. The van der Waals surface area contributed by atoms with Crippen molar-refractivity contribution < 1.29 is 14.4 Å². The van der Waals surface area contributed by atoms with E-state index in [2.05, 4.69) is 21.3 Å². The van der Waals surface area contributed by atoms with E-state index in [1.165, 1.54) is 0 Å². The Morgan fingerprint density at radius 1 is 0.759 bits per heavy atom. The monoisotopic (exact) mass is 396 g/mol. The first-order valence-electron chi connectivity index (χ1n) is 9.83. The topological polar surface area (TPSA) is 99.3 Å². The molecule has 0 radical (unpaired) electrons. The van der Waals surface area contributed by atoms with Crippen molar-refractivity contribution in [1.29, 1.82) is 0 Å². The first kappa shape index (κ1) is 21.9. The van der Waals surface area contributed by atoms with Gasteiger partial charge in [-0.15, -0.1) is 0 Å². The molecule has 0 aliphatic rings. The number of rotatable bonds is 10. The maximum absolute atomic E-state index is 12.2. The number of carbonyl (C=O) groups excluding carboxylic acids is 3. The Labute approximate surface area is 171 Å². The fraction of sp³-hybridized carbons (Fsp3) is 0.318. The fourth-order valence-electron chi connectivity index (χ4n) is 2.58. The summed E-state index contributed by atoms with van der Waals surface area (Å²) in [4.78, 5) is 36.3. The highest BCUT2D eigenvalue weighted by atomic mass is 16.2. The molecule has 0 unspecified atom stereocenters. The molecule has 7 nitrogen and oxygen atoms in total. The Hall–Kier alpha value is -3.35. The minimum atomic E-state index is -0.253. The average Bonchev–Trinajstić information content (AvgIpc) is 2.74. The van der Waals surface area contributed by atoms with Crippen molar-refractivity contribution >= 4 is 29.1 Å². The van der Waals surface area contributed by atoms with Gasteiger partial charge in [0, 0.05) is 35.6 Å². The minimum Gasteiger partial charge on any atom is -0.376 e.